The van der Waals surface area contributed by atoms with Crippen molar-refractivity contribution in [2.75, 3.05) is 24.5 Å². The first-order chi connectivity index (χ1) is 14.6. The molecule has 2 aromatic rings. The van der Waals surface area contributed by atoms with E-state index in [4.69, 9.17) is 11.6 Å². The van der Waals surface area contributed by atoms with Crippen molar-refractivity contribution >= 4 is 17.3 Å². The number of likely N-dealkylation sites (tertiary alicyclic amines) is 1. The summed E-state index contributed by atoms with van der Waals surface area (Å²) in [5, 5.41) is 12.4. The van der Waals surface area contributed by atoms with Crippen LogP contribution in [0.5, 0.6) is 0 Å². The summed E-state index contributed by atoms with van der Waals surface area (Å²) in [4.78, 5) is 4.93. The minimum Gasteiger partial charge on any atom is -0.389 e. The minimum absolute atomic E-state index is 0.228. The summed E-state index contributed by atoms with van der Waals surface area (Å²) >= 11 is 6.51. The molecule has 1 saturated heterocycles. The zero-order chi connectivity index (χ0) is 21.1. The van der Waals surface area contributed by atoms with E-state index in [0.29, 0.717) is 0 Å². The quantitative estimate of drug-likeness (QED) is 0.608. The Kier molecular flexibility index (Phi) is 6.72. The van der Waals surface area contributed by atoms with Crippen molar-refractivity contribution in [3.63, 3.8) is 0 Å². The van der Waals surface area contributed by atoms with Crippen LogP contribution in [-0.2, 0) is 6.54 Å². The van der Waals surface area contributed by atoms with E-state index in [2.05, 4.69) is 60.0 Å². The summed E-state index contributed by atoms with van der Waals surface area (Å²) < 4.78 is 0. The molecule has 162 valence electrons. The third-order valence-corrected chi connectivity index (χ3v) is 7.73. The average Bonchev–Trinajstić information content (AvgIpc) is 2.77. The van der Waals surface area contributed by atoms with Gasteiger partial charge in [0.05, 0.1) is 5.60 Å². The number of hydrogen-bond acceptors (Lipinski definition) is 3. The van der Waals surface area contributed by atoms with Gasteiger partial charge in [-0.3, -0.25) is 4.90 Å². The van der Waals surface area contributed by atoms with Crippen molar-refractivity contribution in [3.8, 4) is 0 Å². The fourth-order valence-corrected chi connectivity index (χ4v) is 5.87. The predicted molar refractivity (Wildman–Crippen MR) is 126 cm³/mol. The normalized spacial score (nSPS) is 26.9. The second kappa shape index (κ2) is 9.30. The van der Waals surface area contributed by atoms with E-state index in [9.17, 15) is 5.11 Å². The van der Waals surface area contributed by atoms with Gasteiger partial charge in [-0.1, -0.05) is 54.8 Å². The Labute approximate surface area is 186 Å². The molecule has 0 bridgehead atoms. The van der Waals surface area contributed by atoms with Gasteiger partial charge in [0.1, 0.15) is 0 Å². The molecule has 2 aromatic carbocycles. The van der Waals surface area contributed by atoms with Crippen molar-refractivity contribution in [1.82, 2.24) is 4.90 Å². The van der Waals surface area contributed by atoms with E-state index in [1.807, 2.05) is 12.1 Å². The maximum absolute atomic E-state index is 11.5. The maximum Gasteiger partial charge on any atom is 0.0706 e. The molecule has 1 N–H and O–H groups in total. The molecule has 0 aromatic heterocycles. The SMILES string of the molecule is CCN(CC)c1ccc(C2C3CCCCC3(O)CCN2Cc2ccccc2Cl)cc1. The van der Waals surface area contributed by atoms with Gasteiger partial charge in [-0.15, -0.1) is 0 Å². The highest BCUT2D eigenvalue weighted by atomic mass is 35.5. The van der Waals surface area contributed by atoms with Gasteiger partial charge in [0, 0.05) is 48.8 Å². The predicted octanol–water partition coefficient (Wildman–Crippen LogP) is 6.05. The van der Waals surface area contributed by atoms with Crippen LogP contribution < -0.4 is 4.90 Å². The molecule has 1 aliphatic heterocycles. The van der Waals surface area contributed by atoms with E-state index >= 15 is 0 Å². The summed E-state index contributed by atoms with van der Waals surface area (Å²) in [5.74, 6) is 0.279. The molecule has 0 spiro atoms. The number of rotatable bonds is 6. The van der Waals surface area contributed by atoms with Crippen LogP contribution in [0, 0.1) is 5.92 Å². The van der Waals surface area contributed by atoms with E-state index in [-0.39, 0.29) is 12.0 Å². The maximum atomic E-state index is 11.5. The van der Waals surface area contributed by atoms with Gasteiger partial charge in [-0.05, 0) is 62.4 Å². The topological polar surface area (TPSA) is 26.7 Å². The molecule has 3 nitrogen and oxygen atoms in total. The molecular formula is C26H35ClN2O. The largest absolute Gasteiger partial charge is 0.389 e. The number of benzene rings is 2. The highest BCUT2D eigenvalue weighted by Gasteiger charge is 2.48. The van der Waals surface area contributed by atoms with Crippen molar-refractivity contribution in [3.05, 3.63) is 64.7 Å². The molecule has 30 heavy (non-hydrogen) atoms. The number of nitrogens with zero attached hydrogens (tertiary/aromatic N) is 2. The Bertz CT molecular complexity index is 835. The average molecular weight is 427 g/mol. The van der Waals surface area contributed by atoms with Crippen LogP contribution in [0.4, 0.5) is 5.69 Å². The molecular weight excluding hydrogens is 392 g/mol. The highest BCUT2D eigenvalue weighted by Crippen LogP contribution is 2.49. The Hall–Kier alpha value is -1.55. The molecule has 2 aliphatic rings. The monoisotopic (exact) mass is 426 g/mol. The highest BCUT2D eigenvalue weighted by molar-refractivity contribution is 6.31. The van der Waals surface area contributed by atoms with Gasteiger partial charge in [-0.2, -0.15) is 0 Å². The van der Waals surface area contributed by atoms with E-state index < -0.39 is 5.60 Å². The van der Waals surface area contributed by atoms with Gasteiger partial charge in [0.2, 0.25) is 0 Å². The Morgan fingerprint density at radius 2 is 1.77 bits per heavy atom. The minimum atomic E-state index is -0.530. The smallest absolute Gasteiger partial charge is 0.0706 e. The first-order valence-electron chi connectivity index (χ1n) is 11.6. The fraction of sp³-hybridized carbons (Fsp3) is 0.538. The van der Waals surface area contributed by atoms with Crippen molar-refractivity contribution < 1.29 is 5.11 Å². The first kappa shape index (κ1) is 21.7. The summed E-state index contributed by atoms with van der Waals surface area (Å²) in [6.45, 7) is 8.16. The molecule has 3 atom stereocenters. The van der Waals surface area contributed by atoms with Crippen LogP contribution in [0.1, 0.15) is 63.1 Å². The fourth-order valence-electron chi connectivity index (χ4n) is 5.68. The van der Waals surface area contributed by atoms with Gasteiger partial charge >= 0.3 is 0 Å². The summed E-state index contributed by atoms with van der Waals surface area (Å²) in [5.41, 5.74) is 3.24. The van der Waals surface area contributed by atoms with Crippen LogP contribution in [0.3, 0.4) is 0 Å². The van der Waals surface area contributed by atoms with Gasteiger partial charge in [-0.25, -0.2) is 0 Å². The zero-order valence-electron chi connectivity index (χ0n) is 18.4. The summed E-state index contributed by atoms with van der Waals surface area (Å²) in [7, 11) is 0. The van der Waals surface area contributed by atoms with Crippen LogP contribution in [0.25, 0.3) is 0 Å². The molecule has 4 heteroatoms. The number of hydrogen-bond donors (Lipinski definition) is 1. The Morgan fingerprint density at radius 3 is 2.47 bits per heavy atom. The lowest BCUT2D eigenvalue weighted by molar-refractivity contribution is -0.126. The van der Waals surface area contributed by atoms with Crippen LogP contribution in [-0.4, -0.2) is 35.2 Å². The van der Waals surface area contributed by atoms with Crippen LogP contribution in [0.15, 0.2) is 48.5 Å². The Balaban J connectivity index is 1.67. The Morgan fingerprint density at radius 1 is 1.03 bits per heavy atom. The second-order valence-electron chi connectivity index (χ2n) is 8.98. The van der Waals surface area contributed by atoms with Crippen LogP contribution >= 0.6 is 11.6 Å². The van der Waals surface area contributed by atoms with Crippen molar-refractivity contribution in [2.24, 2.45) is 5.92 Å². The molecule has 1 aliphatic carbocycles. The molecule has 4 rings (SSSR count). The number of halogens is 1. The molecule has 2 fully saturated rings. The third-order valence-electron chi connectivity index (χ3n) is 7.37. The second-order valence-corrected chi connectivity index (χ2v) is 9.38. The van der Waals surface area contributed by atoms with Gasteiger partial charge in [0.15, 0.2) is 0 Å². The van der Waals surface area contributed by atoms with E-state index in [0.717, 1.165) is 56.9 Å². The number of piperidine rings is 1. The first-order valence-corrected chi connectivity index (χ1v) is 12.0. The lowest BCUT2D eigenvalue weighted by Gasteiger charge is -2.53. The molecule has 1 saturated carbocycles. The molecule has 1 heterocycles. The van der Waals surface area contributed by atoms with E-state index in [1.165, 1.54) is 23.2 Å². The van der Waals surface area contributed by atoms with Gasteiger partial charge in [0.25, 0.3) is 0 Å². The lowest BCUT2D eigenvalue weighted by Crippen LogP contribution is -2.54. The molecule has 3 unspecified atom stereocenters. The summed E-state index contributed by atoms with van der Waals surface area (Å²) in [6.07, 6.45) is 5.24. The standard InChI is InChI=1S/C26H35ClN2O/c1-3-28(4-2)22-14-12-20(13-15-22)25-23-10-7-8-16-26(23,30)17-18-29(25)19-21-9-5-6-11-24(21)27/h5-6,9,11-15,23,25,30H,3-4,7-8,10,16-19H2,1-2H3. The van der Waals surface area contributed by atoms with E-state index in [1.54, 1.807) is 0 Å². The number of fused-ring (bicyclic) bond motifs is 1. The van der Waals surface area contributed by atoms with Crippen molar-refractivity contribution in [2.45, 2.75) is 64.1 Å². The summed E-state index contributed by atoms with van der Waals surface area (Å²) in [6, 6.07) is 17.5. The molecule has 0 amide bonds. The van der Waals surface area contributed by atoms with Crippen LogP contribution in [0.2, 0.25) is 5.02 Å². The van der Waals surface area contributed by atoms with Gasteiger partial charge < -0.3 is 10.0 Å². The lowest BCUT2D eigenvalue weighted by atomic mass is 9.66. The van der Waals surface area contributed by atoms with Crippen molar-refractivity contribution in [1.29, 1.82) is 0 Å². The zero-order valence-corrected chi connectivity index (χ0v) is 19.1. The number of anilines is 1. The molecule has 0 radical (unpaired) electrons. The third kappa shape index (κ3) is 4.26. The number of aliphatic hydroxyl groups is 1.